The first kappa shape index (κ1) is 8.53. The fourth-order valence-electron chi connectivity index (χ4n) is 1.80. The van der Waals surface area contributed by atoms with E-state index in [-0.39, 0.29) is 0 Å². The minimum absolute atomic E-state index is 0.651. The van der Waals surface area contributed by atoms with E-state index in [1.807, 2.05) is 18.8 Å². The van der Waals surface area contributed by atoms with E-state index in [2.05, 4.69) is 15.3 Å². The molecule has 2 aliphatic rings. The zero-order valence-electron chi connectivity index (χ0n) is 8.21. The Balaban J connectivity index is 2.08. The molecule has 0 spiro atoms. The minimum atomic E-state index is 0.651. The zero-order chi connectivity index (χ0) is 9.54. The molecule has 0 aromatic carbocycles. The van der Waals surface area contributed by atoms with Crippen molar-refractivity contribution < 1.29 is 0 Å². The van der Waals surface area contributed by atoms with Gasteiger partial charge in [0.2, 0.25) is 0 Å². The molecule has 1 fully saturated rings. The number of aromatic nitrogens is 2. The third kappa shape index (κ3) is 1.29. The summed E-state index contributed by atoms with van der Waals surface area (Å²) in [7, 11) is 1.95. The van der Waals surface area contributed by atoms with Crippen LogP contribution >= 0.6 is 11.8 Å². The molecule has 1 aliphatic heterocycles. The van der Waals surface area contributed by atoms with Crippen molar-refractivity contribution >= 4 is 17.6 Å². The van der Waals surface area contributed by atoms with Crippen LogP contribution in [0.1, 0.15) is 35.8 Å². The lowest BCUT2D eigenvalue weighted by atomic mass is 10.2. The molecule has 74 valence electrons. The van der Waals surface area contributed by atoms with Crippen molar-refractivity contribution in [1.29, 1.82) is 0 Å². The van der Waals surface area contributed by atoms with Crippen molar-refractivity contribution in [2.45, 2.75) is 30.3 Å². The van der Waals surface area contributed by atoms with Gasteiger partial charge in [0.15, 0.2) is 0 Å². The second-order valence-electron chi connectivity index (χ2n) is 3.87. The molecule has 0 atom stereocenters. The monoisotopic (exact) mass is 207 g/mol. The maximum absolute atomic E-state index is 4.65. The summed E-state index contributed by atoms with van der Waals surface area (Å²) >= 11 is 1.93. The molecule has 1 aromatic rings. The van der Waals surface area contributed by atoms with Gasteiger partial charge in [-0.05, 0) is 12.8 Å². The third-order valence-corrected chi connectivity index (χ3v) is 3.74. The summed E-state index contributed by atoms with van der Waals surface area (Å²) in [4.78, 5) is 9.24. The first-order valence-corrected chi connectivity index (χ1v) is 6.19. The van der Waals surface area contributed by atoms with Gasteiger partial charge in [0.05, 0.1) is 5.69 Å². The molecule has 3 rings (SSSR count). The lowest BCUT2D eigenvalue weighted by Gasteiger charge is -2.07. The smallest absolute Gasteiger partial charge is 0.134 e. The molecular formula is C10H13N3S. The number of thioether (sulfide) groups is 1. The Labute approximate surface area is 87.7 Å². The number of nitrogens with zero attached hydrogens (tertiary/aromatic N) is 2. The van der Waals surface area contributed by atoms with E-state index in [9.17, 15) is 0 Å². The molecule has 4 heteroatoms. The SMILES string of the molecule is CNc1nc(C2CC2)nc2c1CSC2. The van der Waals surface area contributed by atoms with E-state index < -0.39 is 0 Å². The Morgan fingerprint density at radius 2 is 2.14 bits per heavy atom. The first-order valence-electron chi connectivity index (χ1n) is 5.03. The van der Waals surface area contributed by atoms with Crippen molar-refractivity contribution in [2.75, 3.05) is 12.4 Å². The maximum Gasteiger partial charge on any atom is 0.134 e. The molecule has 2 heterocycles. The van der Waals surface area contributed by atoms with Crippen LogP contribution in [0.5, 0.6) is 0 Å². The van der Waals surface area contributed by atoms with Crippen LogP contribution in [0, 0.1) is 0 Å². The molecule has 0 radical (unpaired) electrons. The average Bonchev–Trinajstić information content (AvgIpc) is 2.95. The van der Waals surface area contributed by atoms with Crippen LogP contribution in [0.2, 0.25) is 0 Å². The second kappa shape index (κ2) is 3.12. The topological polar surface area (TPSA) is 37.8 Å². The third-order valence-electron chi connectivity index (χ3n) is 2.77. The highest BCUT2D eigenvalue weighted by molar-refractivity contribution is 7.98. The number of anilines is 1. The van der Waals surface area contributed by atoms with Crippen LogP contribution in [0.4, 0.5) is 5.82 Å². The van der Waals surface area contributed by atoms with E-state index in [0.29, 0.717) is 5.92 Å². The van der Waals surface area contributed by atoms with Crippen LogP contribution in [0.15, 0.2) is 0 Å². The second-order valence-corrected chi connectivity index (χ2v) is 4.86. The summed E-state index contributed by atoms with van der Waals surface area (Å²) in [5.74, 6) is 4.90. The summed E-state index contributed by atoms with van der Waals surface area (Å²) in [5, 5.41) is 3.19. The Hall–Kier alpha value is -0.770. The summed E-state index contributed by atoms with van der Waals surface area (Å²) in [5.41, 5.74) is 2.58. The van der Waals surface area contributed by atoms with Gasteiger partial charge < -0.3 is 5.32 Å². The van der Waals surface area contributed by atoms with E-state index >= 15 is 0 Å². The summed E-state index contributed by atoms with van der Waals surface area (Å²) < 4.78 is 0. The maximum atomic E-state index is 4.65. The molecule has 1 aliphatic carbocycles. The van der Waals surface area contributed by atoms with Gasteiger partial charge in [0, 0.05) is 30.0 Å². The molecule has 1 N–H and O–H groups in total. The molecule has 1 saturated carbocycles. The van der Waals surface area contributed by atoms with Crippen molar-refractivity contribution in [3.8, 4) is 0 Å². The van der Waals surface area contributed by atoms with Crippen molar-refractivity contribution in [1.82, 2.24) is 9.97 Å². The normalized spacial score (nSPS) is 19.5. The van der Waals surface area contributed by atoms with Crippen molar-refractivity contribution in [3.63, 3.8) is 0 Å². The van der Waals surface area contributed by atoms with Crippen molar-refractivity contribution in [3.05, 3.63) is 17.1 Å². The van der Waals surface area contributed by atoms with Gasteiger partial charge >= 0.3 is 0 Å². The lowest BCUT2D eigenvalue weighted by Crippen LogP contribution is -2.04. The first-order chi connectivity index (χ1) is 6.88. The fourth-order valence-corrected chi connectivity index (χ4v) is 2.84. The average molecular weight is 207 g/mol. The predicted octanol–water partition coefficient (Wildman–Crippen LogP) is 2.14. The molecule has 0 saturated heterocycles. The number of fused-ring (bicyclic) bond motifs is 1. The summed E-state index contributed by atoms with van der Waals surface area (Å²) in [6, 6.07) is 0. The minimum Gasteiger partial charge on any atom is -0.373 e. The lowest BCUT2D eigenvalue weighted by molar-refractivity contribution is 0.897. The Kier molecular flexibility index (Phi) is 1.90. The molecule has 0 unspecified atom stereocenters. The highest BCUT2D eigenvalue weighted by Crippen LogP contribution is 2.41. The highest BCUT2D eigenvalue weighted by atomic mass is 32.2. The van der Waals surface area contributed by atoms with Gasteiger partial charge in [-0.1, -0.05) is 0 Å². The van der Waals surface area contributed by atoms with Gasteiger partial charge in [-0.15, -0.1) is 0 Å². The zero-order valence-corrected chi connectivity index (χ0v) is 9.02. The van der Waals surface area contributed by atoms with E-state index in [4.69, 9.17) is 0 Å². The van der Waals surface area contributed by atoms with E-state index in [1.165, 1.54) is 24.1 Å². The molecule has 0 bridgehead atoms. The van der Waals surface area contributed by atoms with Crippen LogP contribution in [0.3, 0.4) is 0 Å². The van der Waals surface area contributed by atoms with Gasteiger partial charge in [0.1, 0.15) is 11.6 Å². The Bertz CT molecular complexity index is 374. The Morgan fingerprint density at radius 1 is 1.29 bits per heavy atom. The largest absolute Gasteiger partial charge is 0.373 e. The van der Waals surface area contributed by atoms with Crippen LogP contribution in [-0.2, 0) is 11.5 Å². The molecular weight excluding hydrogens is 194 g/mol. The number of rotatable bonds is 2. The number of nitrogens with one attached hydrogen (secondary N) is 1. The van der Waals surface area contributed by atoms with E-state index in [0.717, 1.165) is 23.1 Å². The van der Waals surface area contributed by atoms with Gasteiger partial charge in [-0.2, -0.15) is 11.8 Å². The van der Waals surface area contributed by atoms with Crippen LogP contribution in [0.25, 0.3) is 0 Å². The molecule has 0 amide bonds. The van der Waals surface area contributed by atoms with E-state index in [1.54, 1.807) is 0 Å². The van der Waals surface area contributed by atoms with Crippen LogP contribution in [-0.4, -0.2) is 17.0 Å². The predicted molar refractivity (Wildman–Crippen MR) is 58.6 cm³/mol. The van der Waals surface area contributed by atoms with Crippen LogP contribution < -0.4 is 5.32 Å². The quantitative estimate of drug-likeness (QED) is 0.806. The van der Waals surface area contributed by atoms with Gasteiger partial charge in [0.25, 0.3) is 0 Å². The number of hydrogen-bond acceptors (Lipinski definition) is 4. The standard InChI is InChI=1S/C10H13N3S/c1-11-10-7-4-14-5-8(7)12-9(13-10)6-2-3-6/h6H,2-5H2,1H3,(H,11,12,13). The number of hydrogen-bond donors (Lipinski definition) is 1. The van der Waals surface area contributed by atoms with Gasteiger partial charge in [-0.3, -0.25) is 0 Å². The molecule has 14 heavy (non-hydrogen) atoms. The highest BCUT2D eigenvalue weighted by Gasteiger charge is 2.29. The summed E-state index contributed by atoms with van der Waals surface area (Å²) in [6.07, 6.45) is 2.55. The Morgan fingerprint density at radius 3 is 2.86 bits per heavy atom. The summed E-state index contributed by atoms with van der Waals surface area (Å²) in [6.45, 7) is 0. The fraction of sp³-hybridized carbons (Fsp3) is 0.600. The van der Waals surface area contributed by atoms with Crippen molar-refractivity contribution in [2.24, 2.45) is 0 Å². The molecule has 1 aromatic heterocycles. The van der Waals surface area contributed by atoms with Gasteiger partial charge in [-0.25, -0.2) is 9.97 Å². The molecule has 3 nitrogen and oxygen atoms in total.